The van der Waals surface area contributed by atoms with Crippen molar-refractivity contribution in [1.29, 1.82) is 0 Å². The van der Waals surface area contributed by atoms with E-state index in [0.29, 0.717) is 5.92 Å². The van der Waals surface area contributed by atoms with Crippen LogP contribution < -0.4 is 4.74 Å². The van der Waals surface area contributed by atoms with Gasteiger partial charge in [0.25, 0.3) is 0 Å². The Kier molecular flexibility index (Phi) is 4.35. The molecule has 1 aromatic carbocycles. The third kappa shape index (κ3) is 2.57. The van der Waals surface area contributed by atoms with Crippen LogP contribution in [0.5, 0.6) is 5.75 Å². The molecular weight excluding hydrogens is 264 g/mol. The smallest absolute Gasteiger partial charge is 0.178 e. The molecule has 1 atom stereocenters. The first kappa shape index (κ1) is 13.5. The number of nitrogens with zero attached hydrogens (tertiary/aromatic N) is 1. The molecule has 3 nitrogen and oxygen atoms in total. The Morgan fingerprint density at radius 1 is 1.50 bits per heavy atom. The average molecular weight is 282 g/mol. The zero-order chi connectivity index (χ0) is 13.1. The van der Waals surface area contributed by atoms with E-state index in [-0.39, 0.29) is 0 Å². The van der Waals surface area contributed by atoms with E-state index in [1.54, 1.807) is 7.11 Å². The summed E-state index contributed by atoms with van der Waals surface area (Å²) < 4.78 is 8.28. The predicted octanol–water partition coefficient (Wildman–Crippen LogP) is 3.71. The monoisotopic (exact) mass is 282 g/mol. The van der Waals surface area contributed by atoms with Gasteiger partial charge < -0.3 is 14.3 Å². The minimum absolute atomic E-state index is 0.594. The number of benzene rings is 1. The van der Waals surface area contributed by atoms with Gasteiger partial charge in [0.15, 0.2) is 4.77 Å². The van der Waals surface area contributed by atoms with Crippen molar-refractivity contribution < 1.29 is 4.74 Å². The molecule has 0 radical (unpaired) electrons. The van der Waals surface area contributed by atoms with E-state index in [9.17, 15) is 0 Å². The Labute approximate surface area is 117 Å². The van der Waals surface area contributed by atoms with Crippen molar-refractivity contribution in [3.8, 4) is 5.75 Å². The van der Waals surface area contributed by atoms with E-state index in [4.69, 9.17) is 17.0 Å². The molecule has 0 saturated carbocycles. The van der Waals surface area contributed by atoms with Gasteiger partial charge in [-0.3, -0.25) is 0 Å². The van der Waals surface area contributed by atoms with Gasteiger partial charge in [-0.15, -0.1) is 0 Å². The third-order valence-electron chi connectivity index (χ3n) is 2.94. The molecule has 0 bridgehead atoms. The molecular formula is C13H18N2OS2. The number of ether oxygens (including phenoxy) is 1. The number of aromatic amines is 1. The van der Waals surface area contributed by atoms with Gasteiger partial charge in [0, 0.05) is 6.54 Å². The summed E-state index contributed by atoms with van der Waals surface area (Å²) in [5.74, 6) is 2.57. The maximum absolute atomic E-state index is 5.41. The van der Waals surface area contributed by atoms with E-state index < -0.39 is 0 Å². The summed E-state index contributed by atoms with van der Waals surface area (Å²) in [6, 6.07) is 6.03. The lowest BCUT2D eigenvalue weighted by molar-refractivity contribution is 0.419. The molecule has 0 saturated heterocycles. The quantitative estimate of drug-likeness (QED) is 0.848. The number of hydrogen-bond acceptors (Lipinski definition) is 3. The number of rotatable bonds is 5. The van der Waals surface area contributed by atoms with Crippen molar-refractivity contribution in [3.63, 3.8) is 0 Å². The fourth-order valence-electron chi connectivity index (χ4n) is 2.15. The second-order valence-corrected chi connectivity index (χ2v) is 5.75. The Hall–Kier alpha value is -0.940. The van der Waals surface area contributed by atoms with Gasteiger partial charge in [-0.25, -0.2) is 0 Å². The normalized spacial score (nSPS) is 12.8. The highest BCUT2D eigenvalue weighted by molar-refractivity contribution is 7.98. The van der Waals surface area contributed by atoms with Crippen LogP contribution in [0, 0.1) is 10.7 Å². The Morgan fingerprint density at radius 3 is 2.94 bits per heavy atom. The number of thioether (sulfide) groups is 1. The lowest BCUT2D eigenvalue weighted by Crippen LogP contribution is -2.09. The molecule has 0 aliphatic heterocycles. The number of imidazole rings is 1. The van der Waals surface area contributed by atoms with Crippen LogP contribution >= 0.6 is 24.0 Å². The fraction of sp³-hybridized carbons (Fsp3) is 0.462. The molecule has 0 spiro atoms. The number of methoxy groups -OCH3 is 1. The van der Waals surface area contributed by atoms with Gasteiger partial charge in [-0.1, -0.05) is 13.0 Å². The highest BCUT2D eigenvalue weighted by Gasteiger charge is 2.11. The van der Waals surface area contributed by atoms with Gasteiger partial charge in [-0.05, 0) is 42.3 Å². The van der Waals surface area contributed by atoms with E-state index in [1.165, 1.54) is 0 Å². The van der Waals surface area contributed by atoms with Crippen LogP contribution in [0.1, 0.15) is 6.92 Å². The van der Waals surface area contributed by atoms with Crippen LogP contribution in [0.15, 0.2) is 18.2 Å². The van der Waals surface area contributed by atoms with E-state index in [1.807, 2.05) is 23.9 Å². The van der Waals surface area contributed by atoms with Crippen molar-refractivity contribution in [1.82, 2.24) is 9.55 Å². The molecule has 1 aromatic heterocycles. The average Bonchev–Trinajstić information content (AvgIpc) is 2.66. The molecule has 0 amide bonds. The first-order chi connectivity index (χ1) is 8.67. The lowest BCUT2D eigenvalue weighted by Gasteiger charge is -2.11. The summed E-state index contributed by atoms with van der Waals surface area (Å²) >= 11 is 7.28. The number of fused-ring (bicyclic) bond motifs is 1. The number of hydrogen-bond donors (Lipinski definition) is 1. The van der Waals surface area contributed by atoms with Crippen LogP contribution in [0.2, 0.25) is 0 Å². The number of H-pyrrole nitrogens is 1. The Bertz CT molecular complexity index is 588. The molecule has 1 unspecified atom stereocenters. The van der Waals surface area contributed by atoms with Crippen LogP contribution in [0.25, 0.3) is 11.0 Å². The minimum atomic E-state index is 0.594. The summed E-state index contributed by atoms with van der Waals surface area (Å²) in [6.07, 6.45) is 2.13. The largest absolute Gasteiger partial charge is 0.494 e. The zero-order valence-electron chi connectivity index (χ0n) is 10.9. The molecule has 1 N–H and O–H groups in total. The van der Waals surface area contributed by atoms with Gasteiger partial charge in [0.1, 0.15) is 11.3 Å². The number of nitrogens with one attached hydrogen (secondary N) is 1. The third-order valence-corrected chi connectivity index (χ3v) is 4.16. The lowest BCUT2D eigenvalue weighted by atomic mass is 10.2. The van der Waals surface area contributed by atoms with Crippen molar-refractivity contribution in [2.75, 3.05) is 19.1 Å². The highest BCUT2D eigenvalue weighted by Crippen LogP contribution is 2.25. The molecule has 0 aliphatic rings. The van der Waals surface area contributed by atoms with Gasteiger partial charge >= 0.3 is 0 Å². The summed E-state index contributed by atoms with van der Waals surface area (Å²) in [4.78, 5) is 3.24. The van der Waals surface area contributed by atoms with Crippen molar-refractivity contribution in [2.45, 2.75) is 13.5 Å². The Balaban J connectivity index is 2.45. The first-order valence-electron chi connectivity index (χ1n) is 5.91. The van der Waals surface area contributed by atoms with Crippen LogP contribution in [0.4, 0.5) is 0 Å². The van der Waals surface area contributed by atoms with Crippen molar-refractivity contribution >= 4 is 35.0 Å². The second-order valence-electron chi connectivity index (χ2n) is 4.46. The number of para-hydroxylation sites is 1. The van der Waals surface area contributed by atoms with Crippen molar-refractivity contribution in [2.24, 2.45) is 5.92 Å². The van der Waals surface area contributed by atoms with Gasteiger partial charge in [-0.2, -0.15) is 11.8 Å². The first-order valence-corrected chi connectivity index (χ1v) is 7.72. The summed E-state index contributed by atoms with van der Waals surface area (Å²) in [6.45, 7) is 3.18. The maximum Gasteiger partial charge on any atom is 0.178 e. The summed E-state index contributed by atoms with van der Waals surface area (Å²) in [5.41, 5.74) is 2.11. The summed E-state index contributed by atoms with van der Waals surface area (Å²) in [7, 11) is 1.68. The second kappa shape index (κ2) is 5.80. The molecule has 1 heterocycles. The molecule has 98 valence electrons. The minimum Gasteiger partial charge on any atom is -0.494 e. The molecule has 0 fully saturated rings. The molecule has 0 aliphatic carbocycles. The zero-order valence-corrected chi connectivity index (χ0v) is 12.5. The van der Waals surface area contributed by atoms with E-state index in [0.717, 1.165) is 33.9 Å². The van der Waals surface area contributed by atoms with E-state index in [2.05, 4.69) is 28.8 Å². The van der Waals surface area contributed by atoms with E-state index >= 15 is 0 Å². The molecule has 5 heteroatoms. The molecule has 2 rings (SSSR count). The standard InChI is InChI=1S/C13H18N2OS2/c1-9(8-18-3)7-15-10-5-4-6-11(16-2)12(10)14-13(15)17/h4-6,9H,7-8H2,1-3H3,(H,14,17). The Morgan fingerprint density at radius 2 is 2.28 bits per heavy atom. The summed E-state index contributed by atoms with van der Waals surface area (Å²) in [5, 5.41) is 0. The van der Waals surface area contributed by atoms with Crippen LogP contribution in [-0.4, -0.2) is 28.7 Å². The van der Waals surface area contributed by atoms with Crippen LogP contribution in [0.3, 0.4) is 0 Å². The highest BCUT2D eigenvalue weighted by atomic mass is 32.2. The van der Waals surface area contributed by atoms with Gasteiger partial charge in [0.2, 0.25) is 0 Å². The predicted molar refractivity (Wildman–Crippen MR) is 81.2 cm³/mol. The van der Waals surface area contributed by atoms with Crippen LogP contribution in [-0.2, 0) is 6.54 Å². The molecule has 18 heavy (non-hydrogen) atoms. The number of aromatic nitrogens is 2. The maximum atomic E-state index is 5.41. The van der Waals surface area contributed by atoms with Crippen molar-refractivity contribution in [3.05, 3.63) is 23.0 Å². The van der Waals surface area contributed by atoms with Gasteiger partial charge in [0.05, 0.1) is 12.6 Å². The fourth-order valence-corrected chi connectivity index (χ4v) is 3.10. The SMILES string of the molecule is COc1cccc2c1[nH]c(=S)n2CC(C)CSC. The topological polar surface area (TPSA) is 29.9 Å². The molecule has 2 aromatic rings.